The second-order valence-electron chi connectivity index (χ2n) is 2.01. The quantitative estimate of drug-likeness (QED) is 0.462. The van der Waals surface area contributed by atoms with Crippen LogP contribution in [0.3, 0.4) is 0 Å². The molecule has 1 N–H and O–H groups in total. The highest BCUT2D eigenvalue weighted by Gasteiger charge is 2.01. The van der Waals surface area contributed by atoms with Crippen molar-refractivity contribution in [1.29, 1.82) is 0 Å². The molecule has 0 fully saturated rings. The zero-order valence-electron chi connectivity index (χ0n) is 6.32. The Labute approximate surface area is 66.7 Å². The molecule has 1 atom stereocenters. The van der Waals surface area contributed by atoms with Crippen molar-refractivity contribution in [3.8, 4) is 0 Å². The van der Waals surface area contributed by atoms with Crippen LogP contribution in [-0.4, -0.2) is 24.3 Å². The Morgan fingerprint density at radius 2 is 2.36 bits per heavy atom. The molecule has 0 rings (SSSR count). The van der Waals surface area contributed by atoms with E-state index in [2.05, 4.69) is 18.2 Å². The zero-order valence-corrected chi connectivity index (χ0v) is 6.32. The highest BCUT2D eigenvalue weighted by Crippen LogP contribution is 1.97. The second-order valence-corrected chi connectivity index (χ2v) is 2.01. The van der Waals surface area contributed by atoms with Gasteiger partial charge in [0.1, 0.15) is 0 Å². The molecule has 11 heavy (non-hydrogen) atoms. The fourth-order valence-corrected chi connectivity index (χ4v) is 0.400. The summed E-state index contributed by atoms with van der Waals surface area (Å²) < 4.78 is 4.60. The van der Waals surface area contributed by atoms with Crippen molar-refractivity contribution in [2.75, 3.05) is 13.2 Å². The predicted molar refractivity (Wildman–Crippen MR) is 41.4 cm³/mol. The van der Waals surface area contributed by atoms with Crippen molar-refractivity contribution in [3.05, 3.63) is 26.0 Å². The average molecular weight is 156 g/mol. The summed E-state index contributed by atoms with van der Waals surface area (Å²) in [5.74, 6) is -0.654. The minimum Gasteiger partial charge on any atom is -0.462 e. The Kier molecular flexibility index (Phi) is 5.47. The van der Waals surface area contributed by atoms with Crippen LogP contribution in [0, 0.1) is 19.3 Å². The average Bonchev–Trinajstić information content (AvgIpc) is 2.04. The lowest BCUT2D eigenvalue weighted by molar-refractivity contribution is -0.137. The topological polar surface area (TPSA) is 46.5 Å². The fraction of sp³-hybridized carbons (Fsp3) is 0.375. The standard InChI is InChI=1S/C8H12O3/c1-3-8(10)11-5-4-7(2)6-9/h3-4,7,9H,1-2,5-6H2. The van der Waals surface area contributed by atoms with Crippen molar-refractivity contribution in [3.63, 3.8) is 0 Å². The van der Waals surface area contributed by atoms with Gasteiger partial charge in [0.25, 0.3) is 0 Å². The van der Waals surface area contributed by atoms with E-state index in [4.69, 9.17) is 5.11 Å². The summed E-state index contributed by atoms with van der Waals surface area (Å²) in [5.41, 5.74) is 0. The third kappa shape index (κ3) is 5.61. The summed E-state index contributed by atoms with van der Waals surface area (Å²) in [5, 5.41) is 8.50. The first-order valence-corrected chi connectivity index (χ1v) is 3.27. The molecule has 0 amide bonds. The van der Waals surface area contributed by atoms with Crippen LogP contribution in [0.4, 0.5) is 0 Å². The summed E-state index contributed by atoms with van der Waals surface area (Å²) in [6.07, 6.45) is 2.70. The maximum atomic E-state index is 10.4. The molecule has 0 bridgehead atoms. The monoisotopic (exact) mass is 156 g/mol. The van der Waals surface area contributed by atoms with E-state index < -0.39 is 5.97 Å². The van der Waals surface area contributed by atoms with Crippen LogP contribution in [-0.2, 0) is 9.53 Å². The molecule has 0 heterocycles. The zero-order chi connectivity index (χ0) is 8.69. The Morgan fingerprint density at radius 1 is 1.73 bits per heavy atom. The Morgan fingerprint density at radius 3 is 2.82 bits per heavy atom. The normalized spacial score (nSPS) is 12.2. The van der Waals surface area contributed by atoms with Crippen molar-refractivity contribution < 1.29 is 14.6 Å². The maximum Gasteiger partial charge on any atom is 0.330 e. The summed E-state index contributed by atoms with van der Waals surface area (Å²) in [6.45, 7) is 6.91. The van der Waals surface area contributed by atoms with Crippen LogP contribution < -0.4 is 0 Å². The summed E-state index contributed by atoms with van der Waals surface area (Å²) in [6, 6.07) is 0. The molecule has 62 valence electrons. The van der Waals surface area contributed by atoms with Gasteiger partial charge < -0.3 is 9.84 Å². The molecule has 0 saturated heterocycles. The number of aliphatic hydroxyl groups is 1. The van der Waals surface area contributed by atoms with Gasteiger partial charge in [-0.25, -0.2) is 4.79 Å². The minimum atomic E-state index is -0.466. The first-order valence-electron chi connectivity index (χ1n) is 3.27. The molecule has 0 saturated carbocycles. The van der Waals surface area contributed by atoms with Gasteiger partial charge in [0.2, 0.25) is 0 Å². The van der Waals surface area contributed by atoms with Gasteiger partial charge in [-0.2, -0.15) is 0 Å². The molecule has 0 aliphatic carbocycles. The Hall–Kier alpha value is -0.830. The molecule has 3 heteroatoms. The van der Waals surface area contributed by atoms with Gasteiger partial charge in [-0.05, 0) is 12.8 Å². The fourth-order valence-electron chi connectivity index (χ4n) is 0.400. The molecule has 3 nitrogen and oxygen atoms in total. The molecule has 0 aromatic rings. The van der Waals surface area contributed by atoms with E-state index in [0.717, 1.165) is 6.08 Å². The van der Waals surface area contributed by atoms with Crippen molar-refractivity contribution >= 4 is 5.97 Å². The number of rotatable bonds is 5. The third-order valence-corrected chi connectivity index (χ3v) is 1.06. The van der Waals surface area contributed by atoms with Gasteiger partial charge in [-0.1, -0.05) is 6.58 Å². The highest BCUT2D eigenvalue weighted by molar-refractivity contribution is 5.81. The molecule has 1 unspecified atom stereocenters. The third-order valence-electron chi connectivity index (χ3n) is 1.06. The van der Waals surface area contributed by atoms with E-state index in [1.165, 1.54) is 0 Å². The highest BCUT2D eigenvalue weighted by atomic mass is 16.5. The first-order chi connectivity index (χ1) is 5.20. The molecule has 2 radical (unpaired) electrons. The summed E-state index contributed by atoms with van der Waals surface area (Å²) in [4.78, 5) is 10.4. The molecular formula is C8H12O3. The van der Waals surface area contributed by atoms with E-state index in [9.17, 15) is 4.79 Å². The molecule has 0 aliphatic heterocycles. The Balaban J connectivity index is 3.26. The lowest BCUT2D eigenvalue weighted by Gasteiger charge is -2.05. The molecule has 0 aliphatic rings. The van der Waals surface area contributed by atoms with E-state index in [-0.39, 0.29) is 19.1 Å². The van der Waals surface area contributed by atoms with Crippen molar-refractivity contribution in [2.45, 2.75) is 0 Å². The molecule has 0 aromatic carbocycles. The van der Waals surface area contributed by atoms with Gasteiger partial charge in [0, 0.05) is 19.1 Å². The molecular weight excluding hydrogens is 144 g/mol. The van der Waals surface area contributed by atoms with Crippen molar-refractivity contribution in [1.82, 2.24) is 0 Å². The minimum absolute atomic E-state index is 0.0361. The van der Waals surface area contributed by atoms with Gasteiger partial charge in [-0.3, -0.25) is 0 Å². The smallest absolute Gasteiger partial charge is 0.330 e. The van der Waals surface area contributed by atoms with Crippen molar-refractivity contribution in [2.24, 2.45) is 5.92 Å². The lowest BCUT2D eigenvalue weighted by atomic mass is 10.1. The maximum absolute atomic E-state index is 10.4. The van der Waals surface area contributed by atoms with Gasteiger partial charge in [0.05, 0.1) is 6.61 Å². The number of hydrogen-bond acceptors (Lipinski definition) is 3. The molecule has 0 aromatic heterocycles. The van der Waals surface area contributed by atoms with Crippen LogP contribution in [0.25, 0.3) is 0 Å². The first kappa shape index (κ1) is 10.2. The number of carbonyl (C=O) groups excluding carboxylic acids is 1. The van der Waals surface area contributed by atoms with Gasteiger partial charge in [0.15, 0.2) is 0 Å². The SMILES string of the molecule is [CH2]C([CH]COC(=O)C=C)CO. The number of aliphatic hydroxyl groups excluding tert-OH is 1. The second kappa shape index (κ2) is 5.92. The van der Waals surface area contributed by atoms with Gasteiger partial charge in [-0.15, -0.1) is 0 Å². The largest absolute Gasteiger partial charge is 0.462 e. The lowest BCUT2D eigenvalue weighted by Crippen LogP contribution is -2.09. The predicted octanol–water partition coefficient (Wildman–Crippen LogP) is 0.362. The number of carbonyl (C=O) groups is 1. The van der Waals surface area contributed by atoms with E-state index in [1.54, 1.807) is 6.42 Å². The summed E-state index contributed by atoms with van der Waals surface area (Å²) in [7, 11) is 0. The number of hydrogen-bond donors (Lipinski definition) is 1. The number of ether oxygens (including phenoxy) is 1. The van der Waals surface area contributed by atoms with Crippen LogP contribution in [0.2, 0.25) is 0 Å². The van der Waals surface area contributed by atoms with Gasteiger partial charge >= 0.3 is 5.97 Å². The van der Waals surface area contributed by atoms with Crippen LogP contribution >= 0.6 is 0 Å². The summed E-state index contributed by atoms with van der Waals surface area (Å²) >= 11 is 0. The van der Waals surface area contributed by atoms with Crippen LogP contribution in [0.5, 0.6) is 0 Å². The van der Waals surface area contributed by atoms with Crippen LogP contribution in [0.1, 0.15) is 0 Å². The Bertz CT molecular complexity index is 131. The van der Waals surface area contributed by atoms with Crippen LogP contribution in [0.15, 0.2) is 12.7 Å². The van der Waals surface area contributed by atoms with E-state index in [0.29, 0.717) is 0 Å². The van der Waals surface area contributed by atoms with E-state index >= 15 is 0 Å². The number of esters is 1. The molecule has 0 spiro atoms. The van der Waals surface area contributed by atoms with E-state index in [1.807, 2.05) is 0 Å².